The van der Waals surface area contributed by atoms with Crippen LogP contribution in [0.5, 0.6) is 0 Å². The van der Waals surface area contributed by atoms with E-state index in [0.29, 0.717) is 0 Å². The highest BCUT2D eigenvalue weighted by molar-refractivity contribution is 7.92. The Bertz CT molecular complexity index is 897. The van der Waals surface area contributed by atoms with Crippen LogP contribution in [-0.2, 0) is 26.0 Å². The molecule has 1 atom stereocenters. The number of esters is 1. The van der Waals surface area contributed by atoms with E-state index >= 15 is 0 Å². The first-order valence-electron chi connectivity index (χ1n) is 8.38. The van der Waals surface area contributed by atoms with Gasteiger partial charge in [-0.05, 0) is 30.7 Å². The number of amides is 1. The predicted molar refractivity (Wildman–Crippen MR) is 103 cm³/mol. The molecule has 2 aromatic carbocycles. The maximum Gasteiger partial charge on any atom is 0.328 e. The number of anilines is 1. The molecule has 27 heavy (non-hydrogen) atoms. The average molecular weight is 390 g/mol. The van der Waals surface area contributed by atoms with Crippen LogP contribution in [0.15, 0.2) is 54.6 Å². The van der Waals surface area contributed by atoms with Crippen molar-refractivity contribution in [3.63, 3.8) is 0 Å². The molecule has 0 saturated heterocycles. The first-order chi connectivity index (χ1) is 12.8. The van der Waals surface area contributed by atoms with Gasteiger partial charge in [-0.3, -0.25) is 9.52 Å². The lowest BCUT2D eigenvalue weighted by molar-refractivity contribution is -0.142. The number of methoxy groups -OCH3 is 1. The third kappa shape index (κ3) is 6.10. The van der Waals surface area contributed by atoms with E-state index in [4.69, 9.17) is 4.74 Å². The molecular formula is C19H22N2O5S. The van der Waals surface area contributed by atoms with Crippen LogP contribution in [0.25, 0.3) is 0 Å². The van der Waals surface area contributed by atoms with Gasteiger partial charge in [0.25, 0.3) is 5.91 Å². The van der Waals surface area contributed by atoms with Crippen LogP contribution in [0.4, 0.5) is 5.69 Å². The van der Waals surface area contributed by atoms with Crippen LogP contribution in [0.1, 0.15) is 22.8 Å². The molecule has 0 bridgehead atoms. The molecule has 0 unspecified atom stereocenters. The van der Waals surface area contributed by atoms with E-state index in [9.17, 15) is 18.0 Å². The van der Waals surface area contributed by atoms with E-state index in [2.05, 4.69) is 10.0 Å². The zero-order chi connectivity index (χ0) is 19.9. The minimum absolute atomic E-state index is 0.0785. The number of benzene rings is 2. The van der Waals surface area contributed by atoms with Gasteiger partial charge in [0.15, 0.2) is 0 Å². The largest absolute Gasteiger partial charge is 0.467 e. The lowest BCUT2D eigenvalue weighted by Crippen LogP contribution is -2.43. The summed E-state index contributed by atoms with van der Waals surface area (Å²) in [6, 6.07) is 14.4. The number of sulfonamides is 1. The summed E-state index contributed by atoms with van der Waals surface area (Å²) in [5, 5.41) is 2.65. The summed E-state index contributed by atoms with van der Waals surface area (Å²) >= 11 is 0. The van der Waals surface area contributed by atoms with E-state index in [1.807, 2.05) is 30.3 Å². The standard InChI is InChI=1S/C19H22N2O5S/c1-3-27(24,25)21-16-11-7-10-15(13-16)18(22)20-17(19(23)26-2)12-14-8-5-4-6-9-14/h4-11,13,17,21H,3,12H2,1-2H3,(H,20,22)/t17-/m0/s1. The van der Waals surface area contributed by atoms with Gasteiger partial charge in [-0.15, -0.1) is 0 Å². The number of hydrogen-bond acceptors (Lipinski definition) is 5. The van der Waals surface area contributed by atoms with Crippen molar-refractivity contribution in [2.45, 2.75) is 19.4 Å². The van der Waals surface area contributed by atoms with Crippen molar-refractivity contribution >= 4 is 27.6 Å². The first-order valence-corrected chi connectivity index (χ1v) is 10.0. The van der Waals surface area contributed by atoms with Gasteiger partial charge in [0.05, 0.1) is 12.9 Å². The van der Waals surface area contributed by atoms with Gasteiger partial charge in [-0.25, -0.2) is 13.2 Å². The molecule has 0 heterocycles. The fourth-order valence-corrected chi connectivity index (χ4v) is 3.03. The Morgan fingerprint density at radius 2 is 1.78 bits per heavy atom. The van der Waals surface area contributed by atoms with Crippen molar-refractivity contribution in [3.8, 4) is 0 Å². The zero-order valence-corrected chi connectivity index (χ0v) is 16.0. The smallest absolute Gasteiger partial charge is 0.328 e. The molecule has 0 fully saturated rings. The lowest BCUT2D eigenvalue weighted by Gasteiger charge is -2.17. The Balaban J connectivity index is 2.16. The molecule has 0 aliphatic rings. The molecule has 0 saturated carbocycles. The number of carbonyl (C=O) groups is 2. The van der Waals surface area contributed by atoms with Crippen LogP contribution in [0, 0.1) is 0 Å². The summed E-state index contributed by atoms with van der Waals surface area (Å²) in [4.78, 5) is 24.6. The van der Waals surface area contributed by atoms with Gasteiger partial charge in [0.2, 0.25) is 10.0 Å². The second-order valence-corrected chi connectivity index (χ2v) is 7.84. The Morgan fingerprint density at radius 3 is 2.41 bits per heavy atom. The fourth-order valence-electron chi connectivity index (χ4n) is 2.40. The molecule has 0 radical (unpaired) electrons. The maximum atomic E-state index is 12.6. The summed E-state index contributed by atoms with van der Waals surface area (Å²) in [5.74, 6) is -1.14. The maximum absolute atomic E-state index is 12.6. The summed E-state index contributed by atoms with van der Waals surface area (Å²) in [5.41, 5.74) is 1.38. The van der Waals surface area contributed by atoms with Crippen molar-refractivity contribution in [2.24, 2.45) is 0 Å². The van der Waals surface area contributed by atoms with Gasteiger partial charge < -0.3 is 10.1 Å². The van der Waals surface area contributed by atoms with E-state index < -0.39 is 27.9 Å². The number of nitrogens with one attached hydrogen (secondary N) is 2. The van der Waals surface area contributed by atoms with Crippen LogP contribution >= 0.6 is 0 Å². The van der Waals surface area contributed by atoms with Crippen LogP contribution in [0.3, 0.4) is 0 Å². The average Bonchev–Trinajstić information content (AvgIpc) is 2.67. The van der Waals surface area contributed by atoms with Crippen molar-refractivity contribution < 1.29 is 22.7 Å². The normalized spacial score (nSPS) is 12.1. The van der Waals surface area contributed by atoms with Crippen molar-refractivity contribution in [1.82, 2.24) is 5.32 Å². The van der Waals surface area contributed by atoms with Gasteiger partial charge >= 0.3 is 5.97 Å². The van der Waals surface area contributed by atoms with E-state index in [-0.39, 0.29) is 23.4 Å². The molecule has 7 nitrogen and oxygen atoms in total. The minimum Gasteiger partial charge on any atom is -0.467 e. The summed E-state index contributed by atoms with van der Waals surface area (Å²) < 4.78 is 30.5. The Kier molecular flexibility index (Phi) is 6.95. The van der Waals surface area contributed by atoms with Crippen LogP contribution in [-0.4, -0.2) is 39.2 Å². The third-order valence-electron chi connectivity index (χ3n) is 3.85. The van der Waals surface area contributed by atoms with Crippen molar-refractivity contribution in [1.29, 1.82) is 0 Å². The Hall–Kier alpha value is -2.87. The Labute approximate surface area is 158 Å². The minimum atomic E-state index is -3.45. The molecule has 2 aromatic rings. The molecule has 2 rings (SSSR count). The van der Waals surface area contributed by atoms with E-state index in [0.717, 1.165) is 5.56 Å². The van der Waals surface area contributed by atoms with Crippen LogP contribution in [0.2, 0.25) is 0 Å². The predicted octanol–water partition coefficient (Wildman–Crippen LogP) is 1.96. The van der Waals surface area contributed by atoms with Gasteiger partial charge in [0.1, 0.15) is 6.04 Å². The molecule has 144 valence electrons. The molecule has 0 spiro atoms. The third-order valence-corrected chi connectivity index (χ3v) is 5.16. The monoisotopic (exact) mass is 390 g/mol. The molecule has 0 aliphatic carbocycles. The van der Waals surface area contributed by atoms with E-state index in [1.165, 1.54) is 26.2 Å². The zero-order valence-electron chi connectivity index (χ0n) is 15.1. The van der Waals surface area contributed by atoms with Gasteiger partial charge in [-0.1, -0.05) is 36.4 Å². The second kappa shape index (κ2) is 9.18. The summed E-state index contributed by atoms with van der Waals surface area (Å²) in [6.07, 6.45) is 0.279. The molecular weight excluding hydrogens is 368 g/mol. The molecule has 1 amide bonds. The fraction of sp³-hybridized carbons (Fsp3) is 0.263. The molecule has 0 aliphatic heterocycles. The summed E-state index contributed by atoms with van der Waals surface area (Å²) in [6.45, 7) is 1.52. The molecule has 0 aromatic heterocycles. The van der Waals surface area contributed by atoms with Crippen LogP contribution < -0.4 is 10.0 Å². The van der Waals surface area contributed by atoms with Gasteiger partial charge in [0, 0.05) is 17.7 Å². The van der Waals surface area contributed by atoms with Crippen molar-refractivity contribution in [2.75, 3.05) is 17.6 Å². The molecule has 8 heteroatoms. The Morgan fingerprint density at radius 1 is 1.07 bits per heavy atom. The lowest BCUT2D eigenvalue weighted by atomic mass is 10.1. The highest BCUT2D eigenvalue weighted by atomic mass is 32.2. The van der Waals surface area contributed by atoms with E-state index in [1.54, 1.807) is 12.1 Å². The second-order valence-electron chi connectivity index (χ2n) is 5.83. The van der Waals surface area contributed by atoms with Crippen molar-refractivity contribution in [3.05, 3.63) is 65.7 Å². The topological polar surface area (TPSA) is 102 Å². The summed E-state index contributed by atoms with van der Waals surface area (Å²) in [7, 11) is -2.20. The highest BCUT2D eigenvalue weighted by Crippen LogP contribution is 2.13. The number of carbonyl (C=O) groups excluding carboxylic acids is 2. The number of rotatable bonds is 8. The SMILES string of the molecule is CCS(=O)(=O)Nc1cccc(C(=O)N[C@@H](Cc2ccccc2)C(=O)OC)c1. The quantitative estimate of drug-likeness (QED) is 0.671. The van der Waals surface area contributed by atoms with Gasteiger partial charge in [-0.2, -0.15) is 0 Å². The highest BCUT2D eigenvalue weighted by Gasteiger charge is 2.23. The molecule has 2 N–H and O–H groups in total. The number of ether oxygens (including phenoxy) is 1. The first kappa shape index (κ1) is 20.4. The number of hydrogen-bond donors (Lipinski definition) is 2.